The molecule has 0 saturated carbocycles. The average Bonchev–Trinajstić information content (AvgIpc) is 2.54. The summed E-state index contributed by atoms with van der Waals surface area (Å²) in [5, 5.41) is 11.6. The summed E-state index contributed by atoms with van der Waals surface area (Å²) >= 11 is 5.88. The molecule has 2 rings (SSSR count). The third-order valence-corrected chi connectivity index (χ3v) is 4.78. The van der Waals surface area contributed by atoms with Crippen molar-refractivity contribution in [2.24, 2.45) is 0 Å². The van der Waals surface area contributed by atoms with Gasteiger partial charge in [0.2, 0.25) is 0 Å². The van der Waals surface area contributed by atoms with Crippen LogP contribution >= 0.6 is 11.6 Å². The number of amides is 1. The molecular weight excluding hydrogens is 350 g/mol. The number of hydrogen-bond donors (Lipinski definition) is 2. The van der Waals surface area contributed by atoms with Crippen molar-refractivity contribution in [3.8, 4) is 6.07 Å². The van der Waals surface area contributed by atoms with Gasteiger partial charge in [0.25, 0.3) is 5.91 Å². The second-order valence-electron chi connectivity index (χ2n) is 5.11. The minimum Gasteiger partial charge on any atom is -0.354 e. The van der Waals surface area contributed by atoms with Crippen LogP contribution in [0, 0.1) is 11.3 Å². The van der Waals surface area contributed by atoms with Gasteiger partial charge >= 0.3 is 0 Å². The number of anilines is 1. The minimum absolute atomic E-state index is 0.0192. The van der Waals surface area contributed by atoms with E-state index in [9.17, 15) is 13.2 Å². The standard InChI is InChI=1S/C16H14ClN3O3S/c1-24(22,23)15-7-14(17)11(9-19)6-13(15)16(21)20-12-4-2-10(8-18)3-5-12/h2-7H,8,18H2,1H3,(H,20,21)/p+1. The number of sulfone groups is 1. The Morgan fingerprint density at radius 3 is 2.42 bits per heavy atom. The van der Waals surface area contributed by atoms with Gasteiger partial charge in [0.05, 0.1) is 27.6 Å². The molecule has 0 aromatic heterocycles. The van der Waals surface area contributed by atoms with Crippen molar-refractivity contribution in [2.75, 3.05) is 11.6 Å². The fraction of sp³-hybridized carbons (Fsp3) is 0.125. The summed E-state index contributed by atoms with van der Waals surface area (Å²) in [7, 11) is -3.69. The van der Waals surface area contributed by atoms with Gasteiger partial charge in [-0.2, -0.15) is 5.26 Å². The normalized spacial score (nSPS) is 10.9. The smallest absolute Gasteiger partial charge is 0.257 e. The van der Waals surface area contributed by atoms with Crippen LogP contribution in [0.15, 0.2) is 41.3 Å². The van der Waals surface area contributed by atoms with Crippen molar-refractivity contribution >= 4 is 33.0 Å². The van der Waals surface area contributed by atoms with Gasteiger partial charge in [-0.05, 0) is 24.3 Å². The Kier molecular flexibility index (Phi) is 5.24. The number of rotatable bonds is 4. The quantitative estimate of drug-likeness (QED) is 0.857. The maximum absolute atomic E-state index is 12.5. The summed E-state index contributed by atoms with van der Waals surface area (Å²) in [6.45, 7) is 0.620. The molecule has 0 heterocycles. The molecule has 0 fully saturated rings. The van der Waals surface area contributed by atoms with Crippen molar-refractivity contribution in [1.29, 1.82) is 5.26 Å². The Bertz CT molecular complexity index is 932. The van der Waals surface area contributed by atoms with E-state index in [0.29, 0.717) is 12.2 Å². The number of nitrogens with one attached hydrogen (secondary N) is 1. The van der Waals surface area contributed by atoms with Crippen molar-refractivity contribution in [3.05, 3.63) is 58.1 Å². The lowest BCUT2D eigenvalue weighted by Gasteiger charge is -2.11. The SMILES string of the molecule is CS(=O)(=O)c1cc(Cl)c(C#N)cc1C(=O)Nc1ccc(C[NH3+])cc1. The second kappa shape index (κ2) is 7.01. The molecule has 0 spiro atoms. The lowest BCUT2D eigenvalue weighted by Crippen LogP contribution is -2.47. The highest BCUT2D eigenvalue weighted by molar-refractivity contribution is 7.90. The molecule has 0 atom stereocenters. The minimum atomic E-state index is -3.69. The van der Waals surface area contributed by atoms with Gasteiger partial charge < -0.3 is 11.1 Å². The number of hydrogen-bond acceptors (Lipinski definition) is 4. The fourth-order valence-corrected chi connectivity index (χ4v) is 3.23. The van der Waals surface area contributed by atoms with Crippen LogP contribution in [0.3, 0.4) is 0 Å². The van der Waals surface area contributed by atoms with Gasteiger partial charge in [-0.3, -0.25) is 4.79 Å². The summed E-state index contributed by atoms with van der Waals surface area (Å²) in [6.07, 6.45) is 0.977. The molecule has 1 amide bonds. The van der Waals surface area contributed by atoms with E-state index in [1.165, 1.54) is 6.07 Å². The van der Waals surface area contributed by atoms with Crippen molar-refractivity contribution in [3.63, 3.8) is 0 Å². The lowest BCUT2D eigenvalue weighted by atomic mass is 10.1. The highest BCUT2D eigenvalue weighted by Gasteiger charge is 2.21. The van der Waals surface area contributed by atoms with Crippen LogP contribution in [0.25, 0.3) is 0 Å². The first-order valence-electron chi connectivity index (χ1n) is 6.89. The largest absolute Gasteiger partial charge is 0.354 e. The van der Waals surface area contributed by atoms with Crippen LogP contribution in [0.2, 0.25) is 5.02 Å². The predicted octanol–water partition coefficient (Wildman–Crippen LogP) is 1.61. The Balaban J connectivity index is 2.45. The van der Waals surface area contributed by atoms with Gasteiger partial charge in [-0.1, -0.05) is 23.7 Å². The van der Waals surface area contributed by atoms with E-state index in [2.05, 4.69) is 11.1 Å². The maximum atomic E-state index is 12.5. The Morgan fingerprint density at radius 2 is 1.92 bits per heavy atom. The molecule has 0 unspecified atom stereocenters. The first-order valence-corrected chi connectivity index (χ1v) is 9.16. The Labute approximate surface area is 144 Å². The Morgan fingerprint density at radius 1 is 1.29 bits per heavy atom. The molecule has 2 aromatic carbocycles. The lowest BCUT2D eigenvalue weighted by molar-refractivity contribution is -0.386. The van der Waals surface area contributed by atoms with E-state index in [-0.39, 0.29) is 21.0 Å². The molecule has 0 aliphatic rings. The molecular formula is C16H15ClN3O3S+. The zero-order valence-corrected chi connectivity index (χ0v) is 14.4. The summed E-state index contributed by atoms with van der Waals surface area (Å²) in [5.74, 6) is -0.633. The van der Waals surface area contributed by atoms with Crippen LogP contribution in [0.4, 0.5) is 5.69 Å². The first kappa shape index (κ1) is 17.9. The molecule has 8 heteroatoms. The number of halogens is 1. The molecule has 0 aliphatic carbocycles. The molecule has 0 radical (unpaired) electrons. The highest BCUT2D eigenvalue weighted by atomic mass is 35.5. The van der Waals surface area contributed by atoms with Crippen LogP contribution in [-0.2, 0) is 16.4 Å². The summed E-state index contributed by atoms with van der Waals surface area (Å²) in [6, 6.07) is 11.1. The third kappa shape index (κ3) is 3.92. The molecule has 4 N–H and O–H groups in total. The van der Waals surface area contributed by atoms with Crippen molar-refractivity contribution in [2.45, 2.75) is 11.4 Å². The highest BCUT2D eigenvalue weighted by Crippen LogP contribution is 2.25. The molecule has 0 aliphatic heterocycles. The van der Waals surface area contributed by atoms with Gasteiger partial charge in [-0.25, -0.2) is 8.42 Å². The predicted molar refractivity (Wildman–Crippen MR) is 90.3 cm³/mol. The van der Waals surface area contributed by atoms with Crippen LogP contribution in [-0.4, -0.2) is 20.6 Å². The maximum Gasteiger partial charge on any atom is 0.257 e. The third-order valence-electron chi connectivity index (χ3n) is 3.33. The number of quaternary nitrogens is 1. The van der Waals surface area contributed by atoms with Crippen molar-refractivity contribution in [1.82, 2.24) is 0 Å². The first-order chi connectivity index (χ1) is 11.3. The van der Waals surface area contributed by atoms with Gasteiger partial charge in [-0.15, -0.1) is 0 Å². The number of nitriles is 1. The van der Waals surface area contributed by atoms with E-state index in [1.54, 1.807) is 12.1 Å². The molecule has 0 bridgehead atoms. The van der Waals surface area contributed by atoms with Crippen molar-refractivity contribution < 1.29 is 18.9 Å². The Hall–Kier alpha value is -2.40. The summed E-state index contributed by atoms with van der Waals surface area (Å²) in [5.41, 5.74) is 5.17. The summed E-state index contributed by atoms with van der Waals surface area (Å²) in [4.78, 5) is 12.3. The monoisotopic (exact) mass is 364 g/mol. The zero-order valence-electron chi connectivity index (χ0n) is 12.8. The second-order valence-corrected chi connectivity index (χ2v) is 7.50. The van der Waals surface area contributed by atoms with E-state index in [4.69, 9.17) is 16.9 Å². The van der Waals surface area contributed by atoms with Crippen LogP contribution < -0.4 is 11.1 Å². The van der Waals surface area contributed by atoms with E-state index < -0.39 is 15.7 Å². The fourth-order valence-electron chi connectivity index (χ4n) is 2.08. The number of carbonyl (C=O) groups is 1. The number of benzene rings is 2. The van der Waals surface area contributed by atoms with E-state index >= 15 is 0 Å². The van der Waals surface area contributed by atoms with E-state index in [1.807, 2.05) is 18.2 Å². The summed E-state index contributed by atoms with van der Waals surface area (Å²) < 4.78 is 23.8. The molecule has 6 nitrogen and oxygen atoms in total. The van der Waals surface area contributed by atoms with Gasteiger partial charge in [0.1, 0.15) is 6.07 Å². The molecule has 24 heavy (non-hydrogen) atoms. The number of carbonyl (C=O) groups excluding carboxylic acids is 1. The van der Waals surface area contributed by atoms with E-state index in [0.717, 1.165) is 17.9 Å². The van der Waals surface area contributed by atoms with Crippen LogP contribution in [0.5, 0.6) is 0 Å². The zero-order chi connectivity index (χ0) is 17.9. The molecule has 0 saturated heterocycles. The topological polar surface area (TPSA) is 115 Å². The number of nitrogens with zero attached hydrogens (tertiary/aromatic N) is 1. The van der Waals surface area contributed by atoms with Crippen LogP contribution in [0.1, 0.15) is 21.5 Å². The van der Waals surface area contributed by atoms with Gasteiger partial charge in [0.15, 0.2) is 9.84 Å². The average molecular weight is 365 g/mol. The van der Waals surface area contributed by atoms with Gasteiger partial charge in [0, 0.05) is 17.5 Å². The molecule has 124 valence electrons. The molecule has 2 aromatic rings.